The van der Waals surface area contributed by atoms with Crippen LogP contribution in [0.1, 0.15) is 168 Å². The van der Waals surface area contributed by atoms with Gasteiger partial charge in [-0.3, -0.25) is 4.79 Å². The molecule has 1 heterocycles. The third-order valence-electron chi connectivity index (χ3n) is 9.36. The lowest BCUT2D eigenvalue weighted by Crippen LogP contribution is -2.60. The zero-order valence-corrected chi connectivity index (χ0v) is 30.0. The van der Waals surface area contributed by atoms with Gasteiger partial charge < -0.3 is 40.3 Å². The number of carbonyl (C=O) groups is 1. The largest absolute Gasteiger partial charge is 0.394 e. The molecule has 6 N–H and O–H groups in total. The third kappa shape index (κ3) is 21.6. The third-order valence-corrected chi connectivity index (χ3v) is 9.36. The highest BCUT2D eigenvalue weighted by Crippen LogP contribution is 2.22. The number of carbonyl (C=O) groups excluding carboxylic acids is 1. The molecule has 0 bridgehead atoms. The molecule has 9 nitrogen and oxygen atoms in total. The number of aliphatic hydroxyl groups excluding tert-OH is 5. The van der Waals surface area contributed by atoms with Crippen molar-refractivity contribution in [1.82, 2.24) is 5.32 Å². The van der Waals surface area contributed by atoms with Gasteiger partial charge in [0.1, 0.15) is 24.4 Å². The van der Waals surface area contributed by atoms with E-state index >= 15 is 0 Å². The number of rotatable bonds is 31. The van der Waals surface area contributed by atoms with E-state index in [-0.39, 0.29) is 12.5 Å². The Balaban J connectivity index is 2.45. The molecule has 1 aliphatic rings. The zero-order chi connectivity index (χ0) is 34.5. The van der Waals surface area contributed by atoms with Crippen LogP contribution in [0, 0.1) is 0 Å². The molecule has 1 aliphatic heterocycles. The van der Waals surface area contributed by atoms with Gasteiger partial charge in [0.25, 0.3) is 0 Å². The molecule has 278 valence electrons. The Kier molecular flexibility index (Phi) is 27.9. The van der Waals surface area contributed by atoms with E-state index in [0.29, 0.717) is 6.42 Å². The van der Waals surface area contributed by atoms with E-state index in [0.717, 1.165) is 38.5 Å². The summed E-state index contributed by atoms with van der Waals surface area (Å²) in [6.45, 7) is 3.73. The zero-order valence-electron chi connectivity index (χ0n) is 30.0. The monoisotopic (exact) mass is 672 g/mol. The van der Waals surface area contributed by atoms with E-state index in [9.17, 15) is 30.3 Å². The summed E-state index contributed by atoms with van der Waals surface area (Å²) in [6, 6.07) is -0.795. The highest BCUT2D eigenvalue weighted by Gasteiger charge is 2.44. The van der Waals surface area contributed by atoms with Gasteiger partial charge in [0.15, 0.2) is 6.29 Å². The van der Waals surface area contributed by atoms with Crippen molar-refractivity contribution < 1.29 is 39.8 Å². The predicted octanol–water partition coefficient (Wildman–Crippen LogP) is 6.61. The van der Waals surface area contributed by atoms with Crippen LogP contribution in [0.3, 0.4) is 0 Å². The number of allylic oxidation sites excluding steroid dienone is 1. The van der Waals surface area contributed by atoms with Gasteiger partial charge in [0.05, 0.1) is 25.4 Å². The van der Waals surface area contributed by atoms with Gasteiger partial charge in [-0.05, 0) is 19.3 Å². The van der Waals surface area contributed by atoms with Crippen molar-refractivity contribution in [3.05, 3.63) is 12.2 Å². The second kappa shape index (κ2) is 29.8. The van der Waals surface area contributed by atoms with Gasteiger partial charge in [-0.15, -0.1) is 0 Å². The fourth-order valence-corrected chi connectivity index (χ4v) is 6.15. The standard InChI is InChI=1S/C38H73NO8/c1-3-5-7-9-11-13-15-16-18-20-22-24-26-28-34(42)39-31(30-46-38-37(45)36(44)35(43)33(29-40)47-38)32(41)27-25-23-21-19-17-14-12-10-8-6-4-2/h25,27,31-33,35-38,40-41,43-45H,3-24,26,28-30H2,1-2H3,(H,39,42)/b27-25+/t31-,32+,33-,35-,36?,37?,38-/m0/s1. The van der Waals surface area contributed by atoms with Gasteiger partial charge in [-0.2, -0.15) is 0 Å². The van der Waals surface area contributed by atoms with Crippen molar-refractivity contribution in [3.63, 3.8) is 0 Å². The molecule has 7 atom stereocenters. The first-order chi connectivity index (χ1) is 22.8. The van der Waals surface area contributed by atoms with Crippen LogP contribution < -0.4 is 5.32 Å². The smallest absolute Gasteiger partial charge is 0.220 e. The first kappa shape index (κ1) is 44.0. The van der Waals surface area contributed by atoms with Crippen LogP contribution in [0.5, 0.6) is 0 Å². The summed E-state index contributed by atoms with van der Waals surface area (Å²) in [4.78, 5) is 12.8. The first-order valence-corrected chi connectivity index (χ1v) is 19.4. The fraction of sp³-hybridized carbons (Fsp3) is 0.921. The van der Waals surface area contributed by atoms with Crippen LogP contribution in [-0.4, -0.2) is 87.5 Å². The van der Waals surface area contributed by atoms with Gasteiger partial charge in [0.2, 0.25) is 5.91 Å². The lowest BCUT2D eigenvalue weighted by Gasteiger charge is -2.40. The Hall–Kier alpha value is -1.07. The molecule has 2 unspecified atom stereocenters. The van der Waals surface area contributed by atoms with Crippen molar-refractivity contribution >= 4 is 5.91 Å². The van der Waals surface area contributed by atoms with Crippen LogP contribution in [0.15, 0.2) is 12.2 Å². The van der Waals surface area contributed by atoms with Crippen LogP contribution in [0.25, 0.3) is 0 Å². The Morgan fingerprint density at radius 3 is 1.66 bits per heavy atom. The summed E-state index contributed by atoms with van der Waals surface area (Å²) in [5.41, 5.74) is 0. The van der Waals surface area contributed by atoms with Crippen LogP contribution in [0.2, 0.25) is 0 Å². The van der Waals surface area contributed by atoms with Crippen molar-refractivity contribution in [1.29, 1.82) is 0 Å². The number of nitrogens with one attached hydrogen (secondary N) is 1. The minimum atomic E-state index is -1.56. The molecule has 0 aliphatic carbocycles. The SMILES string of the molecule is CCCCCCCCCCC/C=C/[C@@H](O)[C@H](CO[C@H]1O[C@@H](CO)[C@H](O)C(O)C1O)NC(=O)CCCCCCCCCCCCCCC. The van der Waals surface area contributed by atoms with Gasteiger partial charge in [0, 0.05) is 6.42 Å². The summed E-state index contributed by atoms with van der Waals surface area (Å²) >= 11 is 0. The lowest BCUT2D eigenvalue weighted by molar-refractivity contribution is -0.302. The molecule has 1 fully saturated rings. The minimum absolute atomic E-state index is 0.179. The van der Waals surface area contributed by atoms with E-state index in [2.05, 4.69) is 19.2 Å². The maximum atomic E-state index is 12.8. The maximum Gasteiger partial charge on any atom is 0.220 e. The highest BCUT2D eigenvalue weighted by molar-refractivity contribution is 5.76. The number of hydrogen-bond donors (Lipinski definition) is 6. The quantitative estimate of drug-likeness (QED) is 0.0357. The van der Waals surface area contributed by atoms with Gasteiger partial charge >= 0.3 is 0 Å². The Morgan fingerprint density at radius 1 is 0.702 bits per heavy atom. The average molecular weight is 672 g/mol. The molecule has 0 aromatic rings. The number of ether oxygens (including phenoxy) is 2. The molecule has 0 saturated carbocycles. The van der Waals surface area contributed by atoms with Crippen molar-refractivity contribution in [2.45, 2.75) is 211 Å². The molecular formula is C38H73NO8. The lowest BCUT2D eigenvalue weighted by atomic mass is 9.99. The topological polar surface area (TPSA) is 149 Å². The number of unbranched alkanes of at least 4 members (excludes halogenated alkanes) is 21. The summed E-state index contributed by atoms with van der Waals surface area (Å²) in [5.74, 6) is -0.179. The second-order valence-electron chi connectivity index (χ2n) is 13.7. The average Bonchev–Trinajstić information content (AvgIpc) is 3.07. The number of amides is 1. The molecule has 47 heavy (non-hydrogen) atoms. The molecule has 0 aromatic heterocycles. The fourth-order valence-electron chi connectivity index (χ4n) is 6.15. The minimum Gasteiger partial charge on any atom is -0.394 e. The second-order valence-corrected chi connectivity index (χ2v) is 13.7. The molecule has 1 amide bonds. The van der Waals surface area contributed by atoms with E-state index in [1.54, 1.807) is 6.08 Å². The summed E-state index contributed by atoms with van der Waals surface area (Å²) in [5, 5.41) is 53.8. The summed E-state index contributed by atoms with van der Waals surface area (Å²) in [6.07, 6.45) is 23.9. The van der Waals surface area contributed by atoms with Crippen LogP contribution in [-0.2, 0) is 14.3 Å². The predicted molar refractivity (Wildman–Crippen MR) is 189 cm³/mol. The maximum absolute atomic E-state index is 12.8. The molecule has 0 radical (unpaired) electrons. The number of hydrogen-bond acceptors (Lipinski definition) is 8. The van der Waals surface area contributed by atoms with Crippen LogP contribution in [0.4, 0.5) is 0 Å². The van der Waals surface area contributed by atoms with Crippen molar-refractivity contribution in [3.8, 4) is 0 Å². The molecule has 1 saturated heterocycles. The van der Waals surface area contributed by atoms with Crippen LogP contribution >= 0.6 is 0 Å². The van der Waals surface area contributed by atoms with E-state index in [4.69, 9.17) is 9.47 Å². The summed E-state index contributed by atoms with van der Waals surface area (Å²) in [7, 11) is 0. The Morgan fingerprint density at radius 2 is 1.17 bits per heavy atom. The molecule has 9 heteroatoms. The van der Waals surface area contributed by atoms with Gasteiger partial charge in [-0.25, -0.2) is 0 Å². The van der Waals surface area contributed by atoms with E-state index in [1.165, 1.54) is 109 Å². The Bertz CT molecular complexity index is 751. The normalized spacial score (nSPS) is 22.9. The molecule has 1 rings (SSSR count). The Labute approximate surface area is 286 Å². The molecular weight excluding hydrogens is 598 g/mol. The first-order valence-electron chi connectivity index (χ1n) is 19.4. The van der Waals surface area contributed by atoms with Crippen molar-refractivity contribution in [2.75, 3.05) is 13.2 Å². The van der Waals surface area contributed by atoms with E-state index < -0.39 is 49.5 Å². The molecule has 0 spiro atoms. The van der Waals surface area contributed by atoms with E-state index in [1.807, 2.05) is 6.08 Å². The summed E-state index contributed by atoms with van der Waals surface area (Å²) < 4.78 is 11.1. The van der Waals surface area contributed by atoms with Gasteiger partial charge in [-0.1, -0.05) is 154 Å². The van der Waals surface area contributed by atoms with Crippen molar-refractivity contribution in [2.24, 2.45) is 0 Å². The highest BCUT2D eigenvalue weighted by atomic mass is 16.7. The number of aliphatic hydroxyl groups is 5. The molecule has 0 aromatic carbocycles.